The molecule has 0 aromatic carbocycles. The fourth-order valence-corrected chi connectivity index (χ4v) is 3.52. The van der Waals surface area contributed by atoms with E-state index in [-0.39, 0.29) is 18.0 Å². The van der Waals surface area contributed by atoms with Crippen LogP contribution in [0, 0.1) is 6.92 Å². The van der Waals surface area contributed by atoms with Gasteiger partial charge in [-0.2, -0.15) is 5.10 Å². The zero-order valence-corrected chi connectivity index (χ0v) is 14.2. The van der Waals surface area contributed by atoms with Gasteiger partial charge in [0.2, 0.25) is 0 Å². The number of rotatable bonds is 4. The fraction of sp³-hybridized carbons (Fsp3) is 0.529. The highest BCUT2D eigenvalue weighted by Gasteiger charge is 2.43. The summed E-state index contributed by atoms with van der Waals surface area (Å²) >= 11 is 0. The summed E-state index contributed by atoms with van der Waals surface area (Å²) in [5, 5.41) is 25.5. The third-order valence-corrected chi connectivity index (χ3v) is 4.97. The largest absolute Gasteiger partial charge is 0.391 e. The molecule has 2 aromatic heterocycles. The summed E-state index contributed by atoms with van der Waals surface area (Å²) in [7, 11) is 0. The molecular formula is C17H22N6O2. The van der Waals surface area contributed by atoms with E-state index in [1.54, 1.807) is 16.9 Å². The van der Waals surface area contributed by atoms with Crippen LogP contribution in [0.4, 0.5) is 5.82 Å². The van der Waals surface area contributed by atoms with Crippen LogP contribution in [0.3, 0.4) is 0 Å². The van der Waals surface area contributed by atoms with E-state index in [1.807, 2.05) is 19.2 Å². The summed E-state index contributed by atoms with van der Waals surface area (Å²) in [6.07, 6.45) is 5.95. The van der Waals surface area contributed by atoms with Crippen molar-refractivity contribution < 1.29 is 9.90 Å². The Morgan fingerprint density at radius 2 is 2.08 bits per heavy atom. The maximum Gasteiger partial charge on any atom is 0.272 e. The summed E-state index contributed by atoms with van der Waals surface area (Å²) in [6.45, 7) is 3.93. The number of nitrogens with one attached hydrogen (secondary N) is 1. The Hall–Kier alpha value is -2.48. The molecule has 2 aliphatic rings. The van der Waals surface area contributed by atoms with Crippen LogP contribution in [0.1, 0.15) is 41.4 Å². The van der Waals surface area contributed by atoms with Gasteiger partial charge in [0.05, 0.1) is 24.4 Å². The highest BCUT2D eigenvalue weighted by Crippen LogP contribution is 2.32. The molecule has 2 N–H and O–H groups in total. The third-order valence-electron chi connectivity index (χ3n) is 4.97. The molecular weight excluding hydrogens is 320 g/mol. The highest BCUT2D eigenvalue weighted by molar-refractivity contribution is 5.92. The van der Waals surface area contributed by atoms with Gasteiger partial charge in [-0.1, -0.05) is 0 Å². The van der Waals surface area contributed by atoms with E-state index in [9.17, 15) is 9.90 Å². The van der Waals surface area contributed by atoms with Crippen LogP contribution in [-0.4, -0.2) is 56.2 Å². The van der Waals surface area contributed by atoms with Gasteiger partial charge in [-0.3, -0.25) is 9.48 Å². The number of aliphatic hydroxyl groups is 1. The number of aryl methyl sites for hydroxylation is 1. The lowest BCUT2D eigenvalue weighted by Crippen LogP contribution is -2.56. The molecule has 0 spiro atoms. The Bertz CT molecular complexity index is 753. The van der Waals surface area contributed by atoms with E-state index < -0.39 is 6.10 Å². The lowest BCUT2D eigenvalue weighted by atomic mass is 9.83. The molecule has 3 atom stereocenters. The van der Waals surface area contributed by atoms with Gasteiger partial charge in [0.25, 0.3) is 5.91 Å². The number of hydrogen-bond acceptors (Lipinski definition) is 6. The predicted molar refractivity (Wildman–Crippen MR) is 91.4 cm³/mol. The van der Waals surface area contributed by atoms with E-state index >= 15 is 0 Å². The summed E-state index contributed by atoms with van der Waals surface area (Å²) in [5.74, 6) is 0.546. The Balaban J connectivity index is 1.41. The van der Waals surface area contributed by atoms with Crippen molar-refractivity contribution in [1.29, 1.82) is 0 Å². The molecule has 1 aliphatic carbocycles. The van der Waals surface area contributed by atoms with Gasteiger partial charge in [0.1, 0.15) is 0 Å². The van der Waals surface area contributed by atoms with Crippen molar-refractivity contribution in [3.63, 3.8) is 0 Å². The van der Waals surface area contributed by atoms with Crippen LogP contribution >= 0.6 is 0 Å². The first-order chi connectivity index (χ1) is 12.1. The standard InChI is InChI=1S/C17H22N6O2/c1-11-9-18-23(10-11)16-13(8-14(16)24)19-17(25)12-4-5-15(21-20-12)22-6-2-3-7-22/h4-5,9-10,13-14,16,24H,2-3,6-8H2,1H3,(H,19,25)/t13-,14+,16+/m0/s1. The van der Waals surface area contributed by atoms with Gasteiger partial charge in [0.15, 0.2) is 11.5 Å². The predicted octanol–water partition coefficient (Wildman–Crippen LogP) is 0.686. The number of nitrogens with zero attached hydrogens (tertiary/aromatic N) is 5. The van der Waals surface area contributed by atoms with Crippen molar-refractivity contribution in [1.82, 2.24) is 25.3 Å². The third kappa shape index (κ3) is 3.09. The molecule has 132 valence electrons. The monoisotopic (exact) mass is 342 g/mol. The minimum atomic E-state index is -0.506. The van der Waals surface area contributed by atoms with E-state index in [2.05, 4.69) is 25.5 Å². The van der Waals surface area contributed by atoms with Crippen LogP contribution in [0.2, 0.25) is 0 Å². The van der Waals surface area contributed by atoms with Crippen molar-refractivity contribution in [3.05, 3.63) is 35.8 Å². The molecule has 4 rings (SSSR count). The number of hydrogen-bond donors (Lipinski definition) is 2. The molecule has 0 unspecified atom stereocenters. The molecule has 1 saturated heterocycles. The van der Waals surface area contributed by atoms with E-state index in [0.29, 0.717) is 12.1 Å². The first-order valence-corrected chi connectivity index (χ1v) is 8.70. The molecule has 1 amide bonds. The van der Waals surface area contributed by atoms with Gasteiger partial charge in [-0.15, -0.1) is 10.2 Å². The van der Waals surface area contributed by atoms with Crippen LogP contribution in [0.5, 0.6) is 0 Å². The van der Waals surface area contributed by atoms with Crippen LogP contribution in [0.25, 0.3) is 0 Å². The lowest BCUT2D eigenvalue weighted by molar-refractivity contribution is -0.00598. The number of aromatic nitrogens is 4. The normalized spacial score (nSPS) is 25.7. The van der Waals surface area contributed by atoms with Crippen molar-refractivity contribution >= 4 is 11.7 Å². The summed E-state index contributed by atoms with van der Waals surface area (Å²) in [4.78, 5) is 14.6. The minimum Gasteiger partial charge on any atom is -0.391 e. The van der Waals surface area contributed by atoms with Crippen molar-refractivity contribution in [3.8, 4) is 0 Å². The molecule has 2 fully saturated rings. The fourth-order valence-electron chi connectivity index (χ4n) is 3.52. The van der Waals surface area contributed by atoms with Crippen LogP contribution in [-0.2, 0) is 0 Å². The lowest BCUT2D eigenvalue weighted by Gasteiger charge is -2.41. The summed E-state index contributed by atoms with van der Waals surface area (Å²) in [6, 6.07) is 3.14. The second kappa shape index (κ2) is 6.44. The maximum absolute atomic E-state index is 12.4. The van der Waals surface area contributed by atoms with E-state index in [0.717, 1.165) is 24.5 Å². The molecule has 0 bridgehead atoms. The molecule has 1 aliphatic heterocycles. The first-order valence-electron chi connectivity index (χ1n) is 8.70. The number of carbonyl (C=O) groups is 1. The number of anilines is 1. The van der Waals surface area contributed by atoms with Gasteiger partial charge in [-0.25, -0.2) is 0 Å². The molecule has 25 heavy (non-hydrogen) atoms. The number of carbonyl (C=O) groups excluding carboxylic acids is 1. The second-order valence-corrected chi connectivity index (χ2v) is 6.84. The molecule has 3 heterocycles. The second-order valence-electron chi connectivity index (χ2n) is 6.84. The smallest absolute Gasteiger partial charge is 0.272 e. The van der Waals surface area contributed by atoms with Gasteiger partial charge < -0.3 is 15.3 Å². The zero-order chi connectivity index (χ0) is 17.4. The first kappa shape index (κ1) is 16.0. The highest BCUT2D eigenvalue weighted by atomic mass is 16.3. The summed E-state index contributed by atoms with van der Waals surface area (Å²) in [5.41, 5.74) is 1.31. The van der Waals surface area contributed by atoms with E-state index in [1.165, 1.54) is 12.8 Å². The average Bonchev–Trinajstić information content (AvgIpc) is 3.26. The molecule has 8 heteroatoms. The molecule has 1 saturated carbocycles. The Morgan fingerprint density at radius 3 is 2.68 bits per heavy atom. The minimum absolute atomic E-state index is 0.165. The molecule has 2 aromatic rings. The zero-order valence-electron chi connectivity index (χ0n) is 14.2. The Kier molecular flexibility index (Phi) is 4.12. The number of aliphatic hydroxyl groups excluding tert-OH is 1. The quantitative estimate of drug-likeness (QED) is 0.848. The van der Waals surface area contributed by atoms with Crippen LogP contribution in [0.15, 0.2) is 24.5 Å². The van der Waals surface area contributed by atoms with Gasteiger partial charge in [-0.05, 0) is 43.9 Å². The van der Waals surface area contributed by atoms with Gasteiger partial charge in [0, 0.05) is 19.3 Å². The summed E-state index contributed by atoms with van der Waals surface area (Å²) < 4.78 is 1.72. The van der Waals surface area contributed by atoms with Crippen molar-refractivity contribution in [2.24, 2.45) is 0 Å². The van der Waals surface area contributed by atoms with E-state index in [4.69, 9.17) is 0 Å². The van der Waals surface area contributed by atoms with Crippen molar-refractivity contribution in [2.45, 2.75) is 44.4 Å². The Morgan fingerprint density at radius 1 is 1.28 bits per heavy atom. The van der Waals surface area contributed by atoms with Crippen LogP contribution < -0.4 is 10.2 Å². The van der Waals surface area contributed by atoms with Crippen molar-refractivity contribution in [2.75, 3.05) is 18.0 Å². The Labute approximate surface area is 145 Å². The average molecular weight is 342 g/mol. The SMILES string of the molecule is Cc1cnn([C@H]2[C@H](O)C[C@@H]2NC(=O)c2ccc(N3CCCC3)nn2)c1. The number of amides is 1. The molecule has 8 nitrogen and oxygen atoms in total. The molecule has 0 radical (unpaired) electrons. The van der Waals surface area contributed by atoms with Gasteiger partial charge >= 0.3 is 0 Å². The maximum atomic E-state index is 12.4. The topological polar surface area (TPSA) is 96.2 Å².